The standard InChI is InChI=1S/C13H8BrF3O/c14-12-8-10(6-7-11(12)13(15,16)17)18-9-4-2-1-3-5-9/h1-8H. The molecule has 0 heterocycles. The van der Waals surface area contributed by atoms with E-state index in [0.29, 0.717) is 11.5 Å². The Kier molecular flexibility index (Phi) is 3.61. The minimum Gasteiger partial charge on any atom is -0.457 e. The van der Waals surface area contributed by atoms with Crippen molar-refractivity contribution >= 4 is 15.9 Å². The van der Waals surface area contributed by atoms with E-state index in [0.717, 1.165) is 6.07 Å². The zero-order valence-corrected chi connectivity index (χ0v) is 10.6. The Morgan fingerprint density at radius 3 is 2.11 bits per heavy atom. The Morgan fingerprint density at radius 1 is 0.889 bits per heavy atom. The Bertz CT molecular complexity index is 538. The Hall–Kier alpha value is -1.49. The molecule has 0 aliphatic carbocycles. The van der Waals surface area contributed by atoms with Gasteiger partial charge in [0.25, 0.3) is 0 Å². The summed E-state index contributed by atoms with van der Waals surface area (Å²) in [5.74, 6) is 0.922. The minimum atomic E-state index is -4.37. The van der Waals surface area contributed by atoms with Crippen molar-refractivity contribution in [2.24, 2.45) is 0 Å². The number of alkyl halides is 3. The molecular weight excluding hydrogens is 309 g/mol. The van der Waals surface area contributed by atoms with Crippen LogP contribution < -0.4 is 4.74 Å². The van der Waals surface area contributed by atoms with Crippen LogP contribution in [0.4, 0.5) is 13.2 Å². The highest BCUT2D eigenvalue weighted by atomic mass is 79.9. The van der Waals surface area contributed by atoms with E-state index in [9.17, 15) is 13.2 Å². The highest BCUT2D eigenvalue weighted by molar-refractivity contribution is 9.10. The molecule has 0 atom stereocenters. The first kappa shape index (κ1) is 13.0. The summed E-state index contributed by atoms with van der Waals surface area (Å²) >= 11 is 2.90. The van der Waals surface area contributed by atoms with E-state index in [-0.39, 0.29) is 4.47 Å². The van der Waals surface area contributed by atoms with E-state index in [1.54, 1.807) is 24.3 Å². The molecule has 0 spiro atoms. The van der Waals surface area contributed by atoms with Crippen molar-refractivity contribution in [1.29, 1.82) is 0 Å². The van der Waals surface area contributed by atoms with Gasteiger partial charge < -0.3 is 4.74 Å². The number of hydrogen-bond donors (Lipinski definition) is 0. The molecule has 2 rings (SSSR count). The summed E-state index contributed by atoms with van der Waals surface area (Å²) in [6.45, 7) is 0. The van der Waals surface area contributed by atoms with Gasteiger partial charge in [-0.2, -0.15) is 13.2 Å². The number of rotatable bonds is 2. The zero-order chi connectivity index (χ0) is 13.2. The SMILES string of the molecule is FC(F)(F)c1ccc(Oc2ccccc2)cc1Br. The maximum Gasteiger partial charge on any atom is 0.417 e. The molecule has 94 valence electrons. The average molecular weight is 317 g/mol. The topological polar surface area (TPSA) is 9.23 Å². The fourth-order valence-corrected chi connectivity index (χ4v) is 2.00. The summed E-state index contributed by atoms with van der Waals surface area (Å²) in [5.41, 5.74) is -0.720. The van der Waals surface area contributed by atoms with Crippen LogP contribution in [0.2, 0.25) is 0 Å². The van der Waals surface area contributed by atoms with Gasteiger partial charge in [0.05, 0.1) is 5.56 Å². The maximum absolute atomic E-state index is 12.5. The van der Waals surface area contributed by atoms with E-state index in [4.69, 9.17) is 4.74 Å². The van der Waals surface area contributed by atoms with Crippen LogP contribution in [0.25, 0.3) is 0 Å². The molecule has 2 aromatic carbocycles. The second-order valence-electron chi connectivity index (χ2n) is 3.55. The lowest BCUT2D eigenvalue weighted by Gasteiger charge is -2.11. The van der Waals surface area contributed by atoms with Gasteiger partial charge >= 0.3 is 6.18 Å². The summed E-state index contributed by atoms with van der Waals surface area (Å²) in [7, 11) is 0. The summed E-state index contributed by atoms with van der Waals surface area (Å²) in [4.78, 5) is 0. The molecule has 2 aromatic rings. The smallest absolute Gasteiger partial charge is 0.417 e. The first-order valence-corrected chi connectivity index (χ1v) is 5.86. The molecule has 0 aliphatic heterocycles. The minimum absolute atomic E-state index is 0.0385. The van der Waals surface area contributed by atoms with Crippen LogP contribution in [-0.2, 0) is 6.18 Å². The van der Waals surface area contributed by atoms with E-state index in [2.05, 4.69) is 15.9 Å². The van der Waals surface area contributed by atoms with Gasteiger partial charge in [-0.05, 0) is 30.3 Å². The van der Waals surface area contributed by atoms with Crippen molar-refractivity contribution in [2.75, 3.05) is 0 Å². The number of benzene rings is 2. The Morgan fingerprint density at radius 2 is 1.56 bits per heavy atom. The van der Waals surface area contributed by atoms with Crippen LogP contribution in [0.1, 0.15) is 5.56 Å². The first-order chi connectivity index (χ1) is 8.47. The van der Waals surface area contributed by atoms with Gasteiger partial charge in [0.2, 0.25) is 0 Å². The molecule has 0 aliphatic rings. The molecule has 0 aromatic heterocycles. The summed E-state index contributed by atoms with van der Waals surface area (Å²) in [6.07, 6.45) is -4.37. The predicted octanol–water partition coefficient (Wildman–Crippen LogP) is 5.26. The molecular formula is C13H8BrF3O. The number of ether oxygens (including phenoxy) is 1. The van der Waals surface area contributed by atoms with Crippen LogP contribution in [0.15, 0.2) is 53.0 Å². The Balaban J connectivity index is 2.25. The summed E-state index contributed by atoms with van der Waals surface area (Å²) in [5, 5.41) is 0. The van der Waals surface area contributed by atoms with E-state index in [1.165, 1.54) is 12.1 Å². The number of halogens is 4. The van der Waals surface area contributed by atoms with Crippen LogP contribution in [0, 0.1) is 0 Å². The van der Waals surface area contributed by atoms with Gasteiger partial charge in [-0.1, -0.05) is 34.1 Å². The van der Waals surface area contributed by atoms with Gasteiger partial charge in [-0.15, -0.1) is 0 Å². The maximum atomic E-state index is 12.5. The lowest BCUT2D eigenvalue weighted by Crippen LogP contribution is -2.05. The van der Waals surface area contributed by atoms with Crippen LogP contribution in [-0.4, -0.2) is 0 Å². The van der Waals surface area contributed by atoms with Crippen molar-refractivity contribution in [3.05, 3.63) is 58.6 Å². The van der Waals surface area contributed by atoms with Gasteiger partial charge in [-0.3, -0.25) is 0 Å². The summed E-state index contributed by atoms with van der Waals surface area (Å²) < 4.78 is 43.0. The second kappa shape index (κ2) is 5.02. The molecule has 0 saturated heterocycles. The lowest BCUT2D eigenvalue weighted by atomic mass is 10.2. The fraction of sp³-hybridized carbons (Fsp3) is 0.0769. The molecule has 0 amide bonds. The number of para-hydroxylation sites is 1. The van der Waals surface area contributed by atoms with Gasteiger partial charge in [0.1, 0.15) is 11.5 Å². The molecule has 5 heteroatoms. The van der Waals surface area contributed by atoms with Crippen molar-refractivity contribution in [1.82, 2.24) is 0 Å². The lowest BCUT2D eigenvalue weighted by molar-refractivity contribution is -0.138. The van der Waals surface area contributed by atoms with Crippen molar-refractivity contribution in [2.45, 2.75) is 6.18 Å². The molecule has 1 nitrogen and oxygen atoms in total. The molecule has 0 N–H and O–H groups in total. The second-order valence-corrected chi connectivity index (χ2v) is 4.41. The van der Waals surface area contributed by atoms with Crippen LogP contribution in [0.3, 0.4) is 0 Å². The van der Waals surface area contributed by atoms with Crippen LogP contribution in [0.5, 0.6) is 11.5 Å². The molecule has 0 unspecified atom stereocenters. The highest BCUT2D eigenvalue weighted by Crippen LogP contribution is 2.37. The van der Waals surface area contributed by atoms with Crippen molar-refractivity contribution in [3.63, 3.8) is 0 Å². The van der Waals surface area contributed by atoms with E-state index < -0.39 is 11.7 Å². The third-order valence-electron chi connectivity index (χ3n) is 2.22. The summed E-state index contributed by atoms with van der Waals surface area (Å²) in [6, 6.07) is 12.4. The monoisotopic (exact) mass is 316 g/mol. The van der Waals surface area contributed by atoms with Gasteiger partial charge in [0.15, 0.2) is 0 Å². The predicted molar refractivity (Wildman–Crippen MR) is 65.7 cm³/mol. The molecule has 0 bridgehead atoms. The zero-order valence-electron chi connectivity index (χ0n) is 9.04. The quantitative estimate of drug-likeness (QED) is 0.734. The normalized spacial score (nSPS) is 11.3. The van der Waals surface area contributed by atoms with E-state index >= 15 is 0 Å². The number of hydrogen-bond acceptors (Lipinski definition) is 1. The van der Waals surface area contributed by atoms with Crippen molar-refractivity contribution in [3.8, 4) is 11.5 Å². The third kappa shape index (κ3) is 3.04. The van der Waals surface area contributed by atoms with Gasteiger partial charge in [0, 0.05) is 4.47 Å². The average Bonchev–Trinajstić information content (AvgIpc) is 2.28. The fourth-order valence-electron chi connectivity index (χ4n) is 1.41. The largest absolute Gasteiger partial charge is 0.457 e. The first-order valence-electron chi connectivity index (χ1n) is 5.06. The third-order valence-corrected chi connectivity index (χ3v) is 2.88. The van der Waals surface area contributed by atoms with Gasteiger partial charge in [-0.25, -0.2) is 0 Å². The molecule has 0 saturated carbocycles. The molecule has 0 fully saturated rings. The van der Waals surface area contributed by atoms with Crippen molar-refractivity contribution < 1.29 is 17.9 Å². The van der Waals surface area contributed by atoms with Crippen LogP contribution >= 0.6 is 15.9 Å². The Labute approximate surface area is 110 Å². The highest BCUT2D eigenvalue weighted by Gasteiger charge is 2.32. The molecule has 0 radical (unpaired) electrons. The molecule has 18 heavy (non-hydrogen) atoms. The van der Waals surface area contributed by atoms with E-state index in [1.807, 2.05) is 6.07 Å².